The maximum absolute atomic E-state index is 12.7. The molecule has 26 heavy (non-hydrogen) atoms. The summed E-state index contributed by atoms with van der Waals surface area (Å²) in [6, 6.07) is 1.74. The van der Waals surface area contributed by atoms with Gasteiger partial charge in [0.1, 0.15) is 10.7 Å². The Morgan fingerprint density at radius 2 is 2.15 bits per heavy atom. The minimum atomic E-state index is -0.990. The highest BCUT2D eigenvalue weighted by Crippen LogP contribution is 2.43. The molecule has 0 aliphatic heterocycles. The van der Waals surface area contributed by atoms with Gasteiger partial charge in [0.05, 0.1) is 5.56 Å². The maximum atomic E-state index is 12.7. The molecule has 2 aromatic heterocycles. The van der Waals surface area contributed by atoms with Gasteiger partial charge in [0.25, 0.3) is 5.91 Å². The summed E-state index contributed by atoms with van der Waals surface area (Å²) < 4.78 is 1.71. The number of carboxylic acids is 1. The number of thiophene rings is 1. The minimum absolute atomic E-state index is 0.0712. The molecule has 0 atom stereocenters. The summed E-state index contributed by atoms with van der Waals surface area (Å²) in [5.41, 5.74) is 5.07. The third-order valence-electron chi connectivity index (χ3n) is 4.82. The molecule has 0 fully saturated rings. The number of aryl methyl sites for hydroxylation is 2. The van der Waals surface area contributed by atoms with Crippen LogP contribution in [-0.4, -0.2) is 21.6 Å². The fourth-order valence-corrected chi connectivity index (χ4v) is 4.68. The zero-order valence-electron chi connectivity index (χ0n) is 15.2. The van der Waals surface area contributed by atoms with Crippen molar-refractivity contribution in [1.29, 1.82) is 0 Å². The number of hydrazine groups is 1. The number of nitrogens with zero attached hydrogens (tertiary/aromatic N) is 1. The van der Waals surface area contributed by atoms with Crippen molar-refractivity contribution < 1.29 is 14.7 Å². The Bertz CT molecular complexity index is 866. The Morgan fingerprint density at radius 1 is 1.42 bits per heavy atom. The van der Waals surface area contributed by atoms with Crippen LogP contribution >= 0.6 is 11.3 Å². The number of aromatic nitrogens is 1. The van der Waals surface area contributed by atoms with Crippen LogP contribution in [0.15, 0.2) is 12.3 Å². The lowest BCUT2D eigenvalue weighted by atomic mass is 9.76. The second kappa shape index (κ2) is 6.86. The molecule has 0 aromatic carbocycles. The van der Waals surface area contributed by atoms with Crippen LogP contribution in [0.25, 0.3) is 0 Å². The van der Waals surface area contributed by atoms with Crippen molar-refractivity contribution >= 4 is 28.2 Å². The minimum Gasteiger partial charge on any atom is -0.478 e. The SMILES string of the molecule is Cn1cc(CNN)cc1C(=O)Nc1sc2c(c1C(=O)O)CC(C)(C)CC2. The number of nitrogens with one attached hydrogen (secondary N) is 2. The zero-order chi connectivity index (χ0) is 19.1. The van der Waals surface area contributed by atoms with Gasteiger partial charge in [-0.05, 0) is 41.9 Å². The molecule has 0 bridgehead atoms. The molecule has 8 heteroatoms. The van der Waals surface area contributed by atoms with Crippen molar-refractivity contribution in [2.45, 2.75) is 39.7 Å². The molecule has 1 aliphatic carbocycles. The van der Waals surface area contributed by atoms with Gasteiger partial charge < -0.3 is 15.0 Å². The van der Waals surface area contributed by atoms with E-state index in [1.807, 2.05) is 6.20 Å². The van der Waals surface area contributed by atoms with E-state index in [-0.39, 0.29) is 16.9 Å². The van der Waals surface area contributed by atoms with Crippen molar-refractivity contribution in [3.8, 4) is 0 Å². The molecule has 2 heterocycles. The van der Waals surface area contributed by atoms with Gasteiger partial charge in [0.2, 0.25) is 0 Å². The number of carbonyl (C=O) groups is 2. The van der Waals surface area contributed by atoms with E-state index in [0.29, 0.717) is 23.7 Å². The molecule has 1 amide bonds. The molecule has 0 unspecified atom stereocenters. The van der Waals surface area contributed by atoms with Gasteiger partial charge in [0.15, 0.2) is 0 Å². The van der Waals surface area contributed by atoms with E-state index in [9.17, 15) is 14.7 Å². The average molecular weight is 376 g/mol. The lowest BCUT2D eigenvalue weighted by molar-refractivity contribution is 0.0696. The zero-order valence-corrected chi connectivity index (χ0v) is 16.0. The lowest BCUT2D eigenvalue weighted by Gasteiger charge is -2.29. The first-order chi connectivity index (χ1) is 12.2. The number of carboxylic acid groups (broad SMARTS) is 1. The van der Waals surface area contributed by atoms with Crippen LogP contribution in [0.3, 0.4) is 0 Å². The molecule has 2 aromatic rings. The maximum Gasteiger partial charge on any atom is 0.339 e. The van der Waals surface area contributed by atoms with Crippen LogP contribution < -0.4 is 16.6 Å². The second-order valence-corrected chi connectivity index (χ2v) is 8.64. The van der Waals surface area contributed by atoms with Crippen LogP contribution in [0.1, 0.15) is 57.1 Å². The summed E-state index contributed by atoms with van der Waals surface area (Å²) >= 11 is 1.38. The summed E-state index contributed by atoms with van der Waals surface area (Å²) in [5, 5.41) is 13.0. The molecule has 5 N–H and O–H groups in total. The number of hydrogen-bond acceptors (Lipinski definition) is 5. The van der Waals surface area contributed by atoms with Gasteiger partial charge in [-0.3, -0.25) is 16.1 Å². The highest BCUT2D eigenvalue weighted by atomic mass is 32.1. The predicted molar refractivity (Wildman–Crippen MR) is 101 cm³/mol. The standard InChI is InChI=1S/C18H24N4O3S/c1-18(2)5-4-13-11(7-18)14(17(24)25)16(26-13)21-15(23)12-6-10(8-20-19)9-22(12)3/h6,9,20H,4-5,7-8,19H2,1-3H3,(H,21,23)(H,24,25). The summed E-state index contributed by atoms with van der Waals surface area (Å²) in [4.78, 5) is 25.6. The van der Waals surface area contributed by atoms with Crippen molar-refractivity contribution in [1.82, 2.24) is 9.99 Å². The second-order valence-electron chi connectivity index (χ2n) is 7.53. The molecule has 140 valence electrons. The molecule has 3 rings (SSSR count). The van der Waals surface area contributed by atoms with Gasteiger partial charge in [-0.2, -0.15) is 0 Å². The normalized spacial score (nSPS) is 15.5. The topological polar surface area (TPSA) is 109 Å². The van der Waals surface area contributed by atoms with E-state index >= 15 is 0 Å². The number of nitrogens with two attached hydrogens (primary N) is 1. The number of fused-ring (bicyclic) bond motifs is 1. The highest BCUT2D eigenvalue weighted by Gasteiger charge is 2.33. The first-order valence-electron chi connectivity index (χ1n) is 8.50. The third-order valence-corrected chi connectivity index (χ3v) is 6.02. The molecular weight excluding hydrogens is 352 g/mol. The van der Waals surface area contributed by atoms with Crippen LogP contribution in [0.4, 0.5) is 5.00 Å². The Hall–Kier alpha value is -2.16. The first-order valence-corrected chi connectivity index (χ1v) is 9.31. The highest BCUT2D eigenvalue weighted by molar-refractivity contribution is 7.17. The van der Waals surface area contributed by atoms with Gasteiger partial charge in [-0.25, -0.2) is 4.79 Å². The fraction of sp³-hybridized carbons (Fsp3) is 0.444. The summed E-state index contributed by atoms with van der Waals surface area (Å²) in [5.74, 6) is 4.01. The van der Waals surface area contributed by atoms with Crippen molar-refractivity contribution in [2.75, 3.05) is 5.32 Å². The molecule has 0 saturated heterocycles. The molecule has 0 spiro atoms. The van der Waals surface area contributed by atoms with E-state index in [2.05, 4.69) is 24.6 Å². The monoisotopic (exact) mass is 376 g/mol. The van der Waals surface area contributed by atoms with E-state index in [0.717, 1.165) is 28.8 Å². The van der Waals surface area contributed by atoms with Crippen LogP contribution in [-0.2, 0) is 26.4 Å². The van der Waals surface area contributed by atoms with E-state index in [4.69, 9.17) is 5.84 Å². The van der Waals surface area contributed by atoms with Crippen LogP contribution in [0, 0.1) is 5.41 Å². The van der Waals surface area contributed by atoms with Crippen LogP contribution in [0.2, 0.25) is 0 Å². The Balaban J connectivity index is 1.92. The van der Waals surface area contributed by atoms with Crippen molar-refractivity contribution in [3.05, 3.63) is 39.5 Å². The van der Waals surface area contributed by atoms with Crippen LogP contribution in [0.5, 0.6) is 0 Å². The summed E-state index contributed by atoms with van der Waals surface area (Å²) in [7, 11) is 1.77. The van der Waals surface area contributed by atoms with Gasteiger partial charge in [0, 0.05) is 24.7 Å². The Morgan fingerprint density at radius 3 is 2.81 bits per heavy atom. The summed E-state index contributed by atoms with van der Waals surface area (Å²) in [6.07, 6.45) is 4.39. The van der Waals surface area contributed by atoms with Gasteiger partial charge in [-0.15, -0.1) is 11.3 Å². The first kappa shape index (κ1) is 18.6. The fourth-order valence-electron chi connectivity index (χ4n) is 3.47. The summed E-state index contributed by atoms with van der Waals surface area (Å²) in [6.45, 7) is 4.74. The number of amides is 1. The number of aromatic carboxylic acids is 1. The number of carbonyl (C=O) groups excluding carboxylic acids is 1. The average Bonchev–Trinajstić information content (AvgIpc) is 3.06. The number of rotatable bonds is 5. The molecule has 0 saturated carbocycles. The third kappa shape index (κ3) is 3.53. The molecular formula is C18H24N4O3S. The van der Waals surface area contributed by atoms with Crippen molar-refractivity contribution in [3.63, 3.8) is 0 Å². The largest absolute Gasteiger partial charge is 0.478 e. The smallest absolute Gasteiger partial charge is 0.339 e. The number of hydrogen-bond donors (Lipinski definition) is 4. The lowest BCUT2D eigenvalue weighted by Crippen LogP contribution is -2.22. The predicted octanol–water partition coefficient (Wildman–Crippen LogP) is 2.52. The quantitative estimate of drug-likeness (QED) is 0.473. The van der Waals surface area contributed by atoms with E-state index in [1.165, 1.54) is 11.3 Å². The number of anilines is 1. The van der Waals surface area contributed by atoms with E-state index in [1.54, 1.807) is 17.7 Å². The molecule has 1 aliphatic rings. The Kier molecular flexibility index (Phi) is 4.92. The van der Waals surface area contributed by atoms with Crippen molar-refractivity contribution in [2.24, 2.45) is 18.3 Å². The molecule has 7 nitrogen and oxygen atoms in total. The van der Waals surface area contributed by atoms with Gasteiger partial charge >= 0.3 is 5.97 Å². The van der Waals surface area contributed by atoms with Gasteiger partial charge in [-0.1, -0.05) is 13.8 Å². The van der Waals surface area contributed by atoms with E-state index < -0.39 is 5.97 Å². The molecule has 0 radical (unpaired) electrons. The Labute approximate surface area is 156 Å².